The fraction of sp³-hybridized carbons (Fsp3) is 0.182. The first-order chi connectivity index (χ1) is 14.9. The summed E-state index contributed by atoms with van der Waals surface area (Å²) in [7, 11) is 0. The zero-order valence-electron chi connectivity index (χ0n) is 16.9. The Balaban J connectivity index is 1.36. The highest BCUT2D eigenvalue weighted by Crippen LogP contribution is 2.26. The standard InChI is InChI=1S/C22H19F2N5O2/c1-13-10-14(2)29(28-13)19-7-6-15(11-25-19)27-20(30)8-9-21-26-12-18(31-21)22-16(23)4-3-5-17(22)24/h3-7,10-12H,8-9H2,1-2H3,(H,27,30). The molecular weight excluding hydrogens is 404 g/mol. The Morgan fingerprint density at radius 3 is 2.52 bits per heavy atom. The summed E-state index contributed by atoms with van der Waals surface area (Å²) in [6.45, 7) is 3.84. The molecule has 31 heavy (non-hydrogen) atoms. The van der Waals surface area contributed by atoms with Crippen LogP contribution in [0.3, 0.4) is 0 Å². The fourth-order valence-electron chi connectivity index (χ4n) is 3.16. The second kappa shape index (κ2) is 8.47. The second-order valence-electron chi connectivity index (χ2n) is 7.01. The molecule has 3 aromatic heterocycles. The fourth-order valence-corrected chi connectivity index (χ4v) is 3.16. The lowest BCUT2D eigenvalue weighted by molar-refractivity contribution is -0.116. The van der Waals surface area contributed by atoms with Gasteiger partial charge in [0.15, 0.2) is 17.5 Å². The first-order valence-corrected chi connectivity index (χ1v) is 9.59. The molecule has 0 spiro atoms. The number of amides is 1. The highest BCUT2D eigenvalue weighted by atomic mass is 19.1. The Morgan fingerprint density at radius 1 is 1.10 bits per heavy atom. The Kier molecular flexibility index (Phi) is 5.57. The lowest BCUT2D eigenvalue weighted by Gasteiger charge is -2.06. The SMILES string of the molecule is Cc1cc(C)n(-c2ccc(NC(=O)CCc3ncc(-c4c(F)cccc4F)o3)cn2)n1. The molecule has 3 heterocycles. The van der Waals surface area contributed by atoms with Crippen LogP contribution in [0.1, 0.15) is 23.7 Å². The Morgan fingerprint density at radius 2 is 1.87 bits per heavy atom. The average Bonchev–Trinajstić information content (AvgIpc) is 3.33. The third-order valence-corrected chi connectivity index (χ3v) is 4.59. The van der Waals surface area contributed by atoms with Crippen LogP contribution in [0.4, 0.5) is 14.5 Å². The topological polar surface area (TPSA) is 85.8 Å². The van der Waals surface area contributed by atoms with Gasteiger partial charge in [0.1, 0.15) is 11.6 Å². The average molecular weight is 423 g/mol. The van der Waals surface area contributed by atoms with Crippen molar-refractivity contribution in [1.29, 1.82) is 0 Å². The van der Waals surface area contributed by atoms with E-state index >= 15 is 0 Å². The van der Waals surface area contributed by atoms with Crippen LogP contribution in [0, 0.1) is 25.5 Å². The van der Waals surface area contributed by atoms with Crippen LogP contribution >= 0.6 is 0 Å². The molecule has 1 aromatic carbocycles. The summed E-state index contributed by atoms with van der Waals surface area (Å²) in [4.78, 5) is 20.6. The molecule has 0 saturated carbocycles. The molecule has 0 aliphatic rings. The summed E-state index contributed by atoms with van der Waals surface area (Å²) >= 11 is 0. The lowest BCUT2D eigenvalue weighted by Crippen LogP contribution is -2.13. The first kappa shape index (κ1) is 20.4. The van der Waals surface area contributed by atoms with Crippen LogP contribution in [0.15, 0.2) is 53.2 Å². The van der Waals surface area contributed by atoms with Gasteiger partial charge in [-0.15, -0.1) is 0 Å². The molecule has 0 unspecified atom stereocenters. The molecule has 1 N–H and O–H groups in total. The van der Waals surface area contributed by atoms with E-state index in [9.17, 15) is 13.6 Å². The molecule has 0 saturated heterocycles. The maximum absolute atomic E-state index is 13.9. The number of hydrogen-bond acceptors (Lipinski definition) is 5. The number of aromatic nitrogens is 4. The number of hydrogen-bond donors (Lipinski definition) is 1. The van der Waals surface area contributed by atoms with E-state index in [0.717, 1.165) is 23.5 Å². The summed E-state index contributed by atoms with van der Waals surface area (Å²) in [5, 5.41) is 7.12. The highest BCUT2D eigenvalue weighted by molar-refractivity contribution is 5.90. The van der Waals surface area contributed by atoms with Gasteiger partial charge in [-0.1, -0.05) is 6.07 Å². The van der Waals surface area contributed by atoms with E-state index in [-0.39, 0.29) is 36.0 Å². The summed E-state index contributed by atoms with van der Waals surface area (Å²) in [6, 6.07) is 9.00. The van der Waals surface area contributed by atoms with Crippen LogP contribution in [0.2, 0.25) is 0 Å². The zero-order valence-corrected chi connectivity index (χ0v) is 16.9. The van der Waals surface area contributed by atoms with Crippen molar-refractivity contribution in [1.82, 2.24) is 19.7 Å². The number of pyridine rings is 1. The van der Waals surface area contributed by atoms with Gasteiger partial charge in [-0.05, 0) is 44.2 Å². The minimum atomic E-state index is -0.739. The molecule has 0 atom stereocenters. The van der Waals surface area contributed by atoms with E-state index in [4.69, 9.17) is 4.42 Å². The van der Waals surface area contributed by atoms with Crippen molar-refractivity contribution in [2.75, 3.05) is 5.32 Å². The Labute approximate surface area is 176 Å². The van der Waals surface area contributed by atoms with Gasteiger partial charge in [-0.25, -0.2) is 23.4 Å². The molecule has 0 radical (unpaired) electrons. The van der Waals surface area contributed by atoms with E-state index in [2.05, 4.69) is 20.4 Å². The number of oxazole rings is 1. The third-order valence-electron chi connectivity index (χ3n) is 4.59. The van der Waals surface area contributed by atoms with Crippen LogP contribution in [-0.2, 0) is 11.2 Å². The number of carbonyl (C=O) groups excluding carboxylic acids is 1. The largest absolute Gasteiger partial charge is 0.441 e. The smallest absolute Gasteiger partial charge is 0.224 e. The number of nitrogens with zero attached hydrogens (tertiary/aromatic N) is 4. The highest BCUT2D eigenvalue weighted by Gasteiger charge is 2.16. The van der Waals surface area contributed by atoms with E-state index in [0.29, 0.717) is 11.5 Å². The molecule has 0 fully saturated rings. The number of benzene rings is 1. The number of rotatable bonds is 6. The monoisotopic (exact) mass is 423 g/mol. The third kappa shape index (κ3) is 4.50. The quantitative estimate of drug-likeness (QED) is 0.497. The predicted molar refractivity (Wildman–Crippen MR) is 110 cm³/mol. The summed E-state index contributed by atoms with van der Waals surface area (Å²) < 4.78 is 34.9. The molecule has 0 bridgehead atoms. The molecule has 0 aliphatic carbocycles. The Bertz CT molecular complexity index is 1210. The van der Waals surface area contributed by atoms with E-state index in [1.807, 2.05) is 19.9 Å². The zero-order chi connectivity index (χ0) is 22.0. The lowest BCUT2D eigenvalue weighted by atomic mass is 10.1. The van der Waals surface area contributed by atoms with E-state index in [1.165, 1.54) is 12.3 Å². The number of halogens is 2. The van der Waals surface area contributed by atoms with Crippen LogP contribution in [0.25, 0.3) is 17.1 Å². The van der Waals surface area contributed by atoms with Gasteiger partial charge < -0.3 is 9.73 Å². The van der Waals surface area contributed by atoms with E-state index in [1.54, 1.807) is 23.0 Å². The van der Waals surface area contributed by atoms with Crippen molar-refractivity contribution in [2.45, 2.75) is 26.7 Å². The van der Waals surface area contributed by atoms with E-state index < -0.39 is 11.6 Å². The second-order valence-corrected chi connectivity index (χ2v) is 7.01. The van der Waals surface area contributed by atoms with Gasteiger partial charge in [0, 0.05) is 18.5 Å². The van der Waals surface area contributed by atoms with Crippen LogP contribution in [0.5, 0.6) is 0 Å². The maximum atomic E-state index is 13.9. The number of anilines is 1. The van der Waals surface area contributed by atoms with Gasteiger partial charge in [-0.2, -0.15) is 5.10 Å². The van der Waals surface area contributed by atoms with Crippen molar-refractivity contribution in [3.8, 4) is 17.1 Å². The minimum Gasteiger partial charge on any atom is -0.441 e. The number of carbonyl (C=O) groups is 1. The molecule has 4 aromatic rings. The number of nitrogens with one attached hydrogen (secondary N) is 1. The van der Waals surface area contributed by atoms with Crippen molar-refractivity contribution in [2.24, 2.45) is 0 Å². The summed E-state index contributed by atoms with van der Waals surface area (Å²) in [6.07, 6.45) is 3.06. The molecule has 0 aliphatic heterocycles. The normalized spacial score (nSPS) is 11.0. The molecule has 7 nitrogen and oxygen atoms in total. The van der Waals surface area contributed by atoms with Gasteiger partial charge >= 0.3 is 0 Å². The van der Waals surface area contributed by atoms with Crippen molar-refractivity contribution in [3.63, 3.8) is 0 Å². The van der Waals surface area contributed by atoms with Crippen LogP contribution in [-0.4, -0.2) is 25.7 Å². The molecular formula is C22H19F2N5O2. The summed E-state index contributed by atoms with van der Waals surface area (Å²) in [5.74, 6) is -0.900. The molecule has 9 heteroatoms. The van der Waals surface area contributed by atoms with Gasteiger partial charge in [-0.3, -0.25) is 4.79 Å². The molecule has 1 amide bonds. The van der Waals surface area contributed by atoms with Crippen molar-refractivity contribution in [3.05, 3.63) is 77.7 Å². The predicted octanol–water partition coefficient (Wildman–Crippen LogP) is 4.39. The maximum Gasteiger partial charge on any atom is 0.224 e. The van der Waals surface area contributed by atoms with Crippen molar-refractivity contribution >= 4 is 11.6 Å². The van der Waals surface area contributed by atoms with Crippen molar-refractivity contribution < 1.29 is 18.0 Å². The summed E-state index contributed by atoms with van der Waals surface area (Å²) in [5.41, 5.74) is 2.11. The van der Waals surface area contributed by atoms with Gasteiger partial charge in [0.2, 0.25) is 5.91 Å². The van der Waals surface area contributed by atoms with Crippen LogP contribution < -0.4 is 5.32 Å². The van der Waals surface area contributed by atoms with Gasteiger partial charge in [0.25, 0.3) is 0 Å². The first-order valence-electron chi connectivity index (χ1n) is 9.59. The van der Waals surface area contributed by atoms with Gasteiger partial charge in [0.05, 0.1) is 29.3 Å². The molecule has 4 rings (SSSR count). The number of aryl methyl sites for hydroxylation is 3. The molecule has 158 valence electrons. The Hall–Kier alpha value is -3.88. The minimum absolute atomic E-state index is 0.0186.